The second-order valence-corrected chi connectivity index (χ2v) is 6.69. The van der Waals surface area contributed by atoms with Crippen LogP contribution in [-0.4, -0.2) is 18.4 Å². The van der Waals surface area contributed by atoms with Crippen LogP contribution in [0.5, 0.6) is 5.75 Å². The van der Waals surface area contributed by atoms with Crippen LogP contribution in [0.3, 0.4) is 0 Å². The second kappa shape index (κ2) is 10.2. The van der Waals surface area contributed by atoms with Gasteiger partial charge in [-0.2, -0.15) is 0 Å². The number of carbonyl (C=O) groups excluding carboxylic acids is 2. The normalized spacial score (nSPS) is 10.3. The van der Waals surface area contributed by atoms with Crippen molar-refractivity contribution in [2.24, 2.45) is 0 Å². The van der Waals surface area contributed by atoms with Gasteiger partial charge in [0.15, 0.2) is 0 Å². The third-order valence-corrected chi connectivity index (χ3v) is 4.39. The lowest BCUT2D eigenvalue weighted by Crippen LogP contribution is -2.24. The molecule has 0 aromatic heterocycles. The zero-order valence-corrected chi connectivity index (χ0v) is 16.7. The van der Waals surface area contributed by atoms with Crippen molar-refractivity contribution < 1.29 is 18.7 Å². The van der Waals surface area contributed by atoms with Crippen LogP contribution in [0, 0.1) is 5.82 Å². The molecule has 5 nitrogen and oxygen atoms in total. The van der Waals surface area contributed by atoms with Gasteiger partial charge in [0.1, 0.15) is 18.2 Å². The number of benzene rings is 3. The van der Waals surface area contributed by atoms with Crippen LogP contribution in [0.4, 0.5) is 4.39 Å². The molecule has 154 valence electrons. The summed E-state index contributed by atoms with van der Waals surface area (Å²) in [6.45, 7) is 2.99. The van der Waals surface area contributed by atoms with E-state index in [-0.39, 0.29) is 24.2 Å². The molecule has 2 amide bonds. The summed E-state index contributed by atoms with van der Waals surface area (Å²) in [7, 11) is 0. The van der Waals surface area contributed by atoms with Crippen molar-refractivity contribution in [3.63, 3.8) is 0 Å². The van der Waals surface area contributed by atoms with Crippen LogP contribution in [0.15, 0.2) is 72.8 Å². The van der Waals surface area contributed by atoms with Crippen molar-refractivity contribution in [3.8, 4) is 5.75 Å². The minimum Gasteiger partial charge on any atom is -0.489 e. The molecule has 0 saturated carbocycles. The fourth-order valence-electron chi connectivity index (χ4n) is 2.84. The first-order chi connectivity index (χ1) is 14.5. The molecule has 0 radical (unpaired) electrons. The van der Waals surface area contributed by atoms with Crippen molar-refractivity contribution in [2.45, 2.75) is 20.1 Å². The van der Waals surface area contributed by atoms with Crippen LogP contribution in [0.2, 0.25) is 0 Å². The summed E-state index contributed by atoms with van der Waals surface area (Å²) in [4.78, 5) is 24.5. The topological polar surface area (TPSA) is 67.4 Å². The van der Waals surface area contributed by atoms with E-state index >= 15 is 0 Å². The first-order valence-electron chi connectivity index (χ1n) is 9.68. The summed E-state index contributed by atoms with van der Waals surface area (Å²) in [5.74, 6) is -0.138. The highest BCUT2D eigenvalue weighted by Crippen LogP contribution is 2.16. The third-order valence-electron chi connectivity index (χ3n) is 4.39. The quantitative estimate of drug-likeness (QED) is 0.592. The first kappa shape index (κ1) is 21.0. The van der Waals surface area contributed by atoms with Gasteiger partial charge in [-0.1, -0.05) is 30.3 Å². The number of hydrogen-bond acceptors (Lipinski definition) is 3. The molecule has 0 heterocycles. The number of carbonyl (C=O) groups is 2. The Bertz CT molecular complexity index is 1020. The predicted molar refractivity (Wildman–Crippen MR) is 113 cm³/mol. The Hall–Kier alpha value is -3.67. The van der Waals surface area contributed by atoms with E-state index in [4.69, 9.17) is 4.74 Å². The Labute approximate surface area is 174 Å². The fourth-order valence-corrected chi connectivity index (χ4v) is 2.84. The largest absolute Gasteiger partial charge is 0.489 e. The smallest absolute Gasteiger partial charge is 0.251 e. The number of halogens is 1. The molecule has 30 heavy (non-hydrogen) atoms. The number of hydrogen-bond donors (Lipinski definition) is 2. The molecule has 3 aromatic rings. The van der Waals surface area contributed by atoms with Gasteiger partial charge >= 0.3 is 0 Å². The van der Waals surface area contributed by atoms with Gasteiger partial charge in [-0.15, -0.1) is 0 Å². The maximum atomic E-state index is 13.0. The van der Waals surface area contributed by atoms with Gasteiger partial charge in [0.2, 0.25) is 0 Å². The van der Waals surface area contributed by atoms with Gasteiger partial charge in [-0.05, 0) is 60.5 Å². The van der Waals surface area contributed by atoms with Gasteiger partial charge in [0.05, 0.1) is 0 Å². The number of nitrogens with one attached hydrogen (secondary N) is 2. The van der Waals surface area contributed by atoms with Crippen molar-refractivity contribution in [2.75, 3.05) is 6.54 Å². The van der Waals surface area contributed by atoms with Gasteiger partial charge in [-0.25, -0.2) is 4.39 Å². The molecule has 0 bridgehead atoms. The van der Waals surface area contributed by atoms with Gasteiger partial charge in [-0.3, -0.25) is 9.59 Å². The average Bonchev–Trinajstić information content (AvgIpc) is 2.77. The SMILES string of the molecule is CCNC(=O)c1cccc(CNC(=O)c2cccc(OCc3ccc(F)cc3)c2)c1. The lowest BCUT2D eigenvalue weighted by atomic mass is 10.1. The Kier molecular flexibility index (Phi) is 7.16. The predicted octanol–water partition coefficient (Wildman–Crippen LogP) is 4.08. The lowest BCUT2D eigenvalue weighted by molar-refractivity contribution is 0.0946. The zero-order chi connectivity index (χ0) is 21.3. The minimum atomic E-state index is -0.297. The number of amides is 2. The van der Waals surface area contributed by atoms with Crippen molar-refractivity contribution in [3.05, 3.63) is 101 Å². The van der Waals surface area contributed by atoms with Crippen LogP contribution >= 0.6 is 0 Å². The molecular weight excluding hydrogens is 383 g/mol. The van der Waals surface area contributed by atoms with Crippen molar-refractivity contribution in [1.82, 2.24) is 10.6 Å². The monoisotopic (exact) mass is 406 g/mol. The summed E-state index contributed by atoms with van der Waals surface area (Å²) in [5.41, 5.74) is 2.68. The van der Waals surface area contributed by atoms with E-state index in [0.29, 0.717) is 30.0 Å². The van der Waals surface area contributed by atoms with E-state index in [1.807, 2.05) is 13.0 Å². The highest BCUT2D eigenvalue weighted by Gasteiger charge is 2.09. The maximum Gasteiger partial charge on any atom is 0.251 e. The van der Waals surface area contributed by atoms with E-state index in [1.54, 1.807) is 54.6 Å². The number of rotatable bonds is 8. The summed E-state index contributed by atoms with van der Waals surface area (Å²) >= 11 is 0. The molecule has 3 aromatic carbocycles. The van der Waals surface area contributed by atoms with Crippen molar-refractivity contribution >= 4 is 11.8 Å². The molecule has 0 atom stereocenters. The Balaban J connectivity index is 1.58. The molecule has 6 heteroatoms. The maximum absolute atomic E-state index is 13.0. The van der Waals surface area contributed by atoms with Crippen LogP contribution in [0.1, 0.15) is 38.8 Å². The third kappa shape index (κ3) is 5.91. The number of ether oxygens (including phenoxy) is 1. The van der Waals surface area contributed by atoms with Crippen LogP contribution in [-0.2, 0) is 13.2 Å². The second-order valence-electron chi connectivity index (χ2n) is 6.69. The Morgan fingerprint density at radius 3 is 2.23 bits per heavy atom. The van der Waals surface area contributed by atoms with E-state index in [1.165, 1.54) is 12.1 Å². The molecule has 0 fully saturated rings. The van der Waals surface area contributed by atoms with Gasteiger partial charge in [0, 0.05) is 24.2 Å². The molecule has 2 N–H and O–H groups in total. The summed E-state index contributed by atoms with van der Waals surface area (Å²) in [6.07, 6.45) is 0. The molecule has 0 unspecified atom stereocenters. The van der Waals surface area contributed by atoms with E-state index in [9.17, 15) is 14.0 Å². The minimum absolute atomic E-state index is 0.142. The summed E-state index contributed by atoms with van der Waals surface area (Å²) in [5, 5.41) is 5.61. The van der Waals surface area contributed by atoms with E-state index < -0.39 is 0 Å². The average molecular weight is 406 g/mol. The molecular formula is C24H23FN2O3. The highest BCUT2D eigenvalue weighted by atomic mass is 19.1. The fraction of sp³-hybridized carbons (Fsp3) is 0.167. The van der Waals surface area contributed by atoms with Crippen LogP contribution < -0.4 is 15.4 Å². The molecule has 0 spiro atoms. The molecule has 0 aliphatic heterocycles. The highest BCUT2D eigenvalue weighted by molar-refractivity contribution is 5.95. The molecule has 3 rings (SSSR count). The molecule has 0 saturated heterocycles. The van der Waals surface area contributed by atoms with Gasteiger partial charge in [0.25, 0.3) is 11.8 Å². The Morgan fingerprint density at radius 2 is 1.50 bits per heavy atom. The lowest BCUT2D eigenvalue weighted by Gasteiger charge is -2.10. The van der Waals surface area contributed by atoms with Gasteiger partial charge < -0.3 is 15.4 Å². The summed E-state index contributed by atoms with van der Waals surface area (Å²) in [6, 6.07) is 20.1. The molecule has 0 aliphatic rings. The van der Waals surface area contributed by atoms with E-state index in [0.717, 1.165) is 11.1 Å². The molecule has 0 aliphatic carbocycles. The Morgan fingerprint density at radius 1 is 0.833 bits per heavy atom. The van der Waals surface area contributed by atoms with E-state index in [2.05, 4.69) is 10.6 Å². The zero-order valence-electron chi connectivity index (χ0n) is 16.7. The summed E-state index contributed by atoms with van der Waals surface area (Å²) < 4.78 is 18.7. The van der Waals surface area contributed by atoms with Crippen molar-refractivity contribution in [1.29, 1.82) is 0 Å². The standard InChI is InChI=1S/C24H23FN2O3/c1-2-26-23(28)19-6-3-5-18(13-19)15-27-24(29)20-7-4-8-22(14-20)30-16-17-9-11-21(25)12-10-17/h3-14H,2,15-16H2,1H3,(H,26,28)(H,27,29). The first-order valence-corrected chi connectivity index (χ1v) is 9.68. The van der Waals surface area contributed by atoms with Crippen LogP contribution in [0.25, 0.3) is 0 Å².